The Morgan fingerprint density at radius 2 is 0.628 bits per heavy atom. The number of hydrogen-bond donors (Lipinski definition) is 5. The van der Waals surface area contributed by atoms with Gasteiger partial charge in [0.05, 0.1) is 145 Å². The standard InChI is InChI=1S/3C15H22N2O.C14H21N3.2C14H20N2O.C13H18N2O/c1-10(2)14-6-5-13(7-16-14)17-8-11-3-4-12(9-17)15(11)18;2*1-11(2)14-4-3-12(9-16-14)17-10-13(18)5-6-15(17)7-8-15;1-10(2)14-6-5-13(7-15-14)17-8-11-3-4-12(9-17)16-11;1-10(2)13-4-3-11(7-15-13)16-8-14(9-16)5-12(17)6-14;1-11(2)13-4-3-12(9-15-13)16-7-8-17-10-14(16)5-6-14;1-10(2)12-4-3-11(5-14-12)15-6-13(7-15)8-16-9-13/h5-7,10-12,15,18H,3-4,8-9H2,1-2H3;2*3-4,9,11,13,18H,5-8,10H2,1-2H3;5-7,10-12,16H,3-4,8-9H2,1-2H3;3-4,7,10,12,17H,5-6,8-9H2,1-2H3;3-4,9,11H,5-8,10H2,1-2H3;3-5,10H,6-9H2,1-2H3/t;13-;;;;;/m.0...../s1. The Morgan fingerprint density at radius 1 is 0.314 bits per heavy atom. The van der Waals surface area contributed by atoms with E-state index in [1.54, 1.807) is 0 Å². The number of morpholine rings is 1. The van der Waals surface area contributed by atoms with Crippen molar-refractivity contribution in [2.75, 3.05) is 133 Å². The lowest BCUT2D eigenvalue weighted by molar-refractivity contribution is -0.127. The summed E-state index contributed by atoms with van der Waals surface area (Å²) in [6.07, 6.45) is 32.3. The summed E-state index contributed by atoms with van der Waals surface area (Å²) in [5.41, 5.74) is 18.6. The van der Waals surface area contributed by atoms with Crippen LogP contribution >= 0.6 is 0 Å². The predicted molar refractivity (Wildman–Crippen MR) is 489 cm³/mol. The van der Waals surface area contributed by atoms with Crippen LogP contribution in [0.2, 0.25) is 0 Å². The summed E-state index contributed by atoms with van der Waals surface area (Å²) in [5.74, 6) is 4.39. The van der Waals surface area contributed by atoms with Gasteiger partial charge in [-0.15, -0.1) is 0 Å². The Hall–Kier alpha value is -7.63. The summed E-state index contributed by atoms with van der Waals surface area (Å²) in [5, 5.41) is 42.8. The molecule has 0 aromatic carbocycles. The van der Waals surface area contributed by atoms with E-state index in [4.69, 9.17) is 9.47 Å². The normalized spacial score (nSPS) is 25.4. The van der Waals surface area contributed by atoms with Crippen LogP contribution < -0.4 is 39.6 Å². The first-order valence-electron chi connectivity index (χ1n) is 46.7. The highest BCUT2D eigenvalue weighted by Crippen LogP contribution is 2.53. The Morgan fingerprint density at radius 3 is 0.926 bits per heavy atom. The highest BCUT2D eigenvalue weighted by molar-refractivity contribution is 5.56. The number of hydrogen-bond acceptors (Lipinski definition) is 21. The van der Waals surface area contributed by atoms with Crippen molar-refractivity contribution in [3.05, 3.63) is 168 Å². The van der Waals surface area contributed by atoms with Crippen LogP contribution in [0, 0.1) is 22.7 Å². The molecule has 7 aromatic rings. The van der Waals surface area contributed by atoms with Gasteiger partial charge in [0.2, 0.25) is 0 Å². The van der Waals surface area contributed by atoms with Crippen LogP contribution in [-0.2, 0) is 9.47 Å². The predicted octanol–water partition coefficient (Wildman–Crippen LogP) is 16.7. The maximum absolute atomic E-state index is 10.0. The lowest BCUT2D eigenvalue weighted by atomic mass is 9.62. The van der Waals surface area contributed by atoms with Crippen LogP contribution in [0.4, 0.5) is 39.8 Å². The fourth-order valence-corrected chi connectivity index (χ4v) is 20.4. The van der Waals surface area contributed by atoms with E-state index in [-0.39, 0.29) is 24.4 Å². The van der Waals surface area contributed by atoms with E-state index in [1.165, 1.54) is 121 Å². The first kappa shape index (κ1) is 88.2. The zero-order valence-electron chi connectivity index (χ0n) is 75.6. The van der Waals surface area contributed by atoms with Crippen molar-refractivity contribution >= 4 is 39.8 Å². The van der Waals surface area contributed by atoms with Crippen molar-refractivity contribution in [1.29, 1.82) is 0 Å². The molecule has 21 heteroatoms. The van der Waals surface area contributed by atoms with Gasteiger partial charge in [0.15, 0.2) is 0 Å². The van der Waals surface area contributed by atoms with Crippen molar-refractivity contribution < 1.29 is 29.9 Å². The van der Waals surface area contributed by atoms with Crippen LogP contribution in [0.3, 0.4) is 0 Å². The third-order valence-corrected chi connectivity index (χ3v) is 28.9. The van der Waals surface area contributed by atoms with Gasteiger partial charge >= 0.3 is 0 Å². The summed E-state index contributed by atoms with van der Waals surface area (Å²) in [6, 6.07) is 31.7. The third-order valence-electron chi connectivity index (χ3n) is 28.9. The second-order valence-electron chi connectivity index (χ2n) is 41.0. The molecule has 656 valence electrons. The fourth-order valence-electron chi connectivity index (χ4n) is 20.4. The first-order valence-corrected chi connectivity index (χ1v) is 46.7. The third kappa shape index (κ3) is 21.0. The van der Waals surface area contributed by atoms with E-state index in [2.05, 4.69) is 256 Å². The number of aliphatic hydroxyl groups is 4. The zero-order valence-corrected chi connectivity index (χ0v) is 75.6. The minimum absolute atomic E-state index is 0.0430. The Bertz CT molecular complexity index is 4290. The molecule has 21 rings (SSSR count). The Balaban J connectivity index is 0.000000110. The van der Waals surface area contributed by atoms with Gasteiger partial charge in [0, 0.05) is 152 Å². The second-order valence-corrected chi connectivity index (χ2v) is 41.0. The summed E-state index contributed by atoms with van der Waals surface area (Å²) in [4.78, 5) is 48.7. The summed E-state index contributed by atoms with van der Waals surface area (Å²) >= 11 is 0. The zero-order chi connectivity index (χ0) is 85.1. The molecular formula is C100H145N15O6. The lowest BCUT2D eigenvalue weighted by Crippen LogP contribution is -2.66. The number of piperidine rings is 3. The summed E-state index contributed by atoms with van der Waals surface area (Å²) < 4.78 is 10.9. The number of aromatic nitrogens is 7. The number of pyridine rings is 7. The van der Waals surface area contributed by atoms with Crippen molar-refractivity contribution in [2.45, 2.75) is 294 Å². The van der Waals surface area contributed by atoms with Crippen LogP contribution in [0.15, 0.2) is 128 Å². The number of fused-ring (bicyclic) bond motifs is 4. The highest BCUT2D eigenvalue weighted by Gasteiger charge is 2.55. The average molecular weight is 1650 g/mol. The van der Waals surface area contributed by atoms with Gasteiger partial charge in [0.1, 0.15) is 0 Å². The quantitative estimate of drug-likeness (QED) is 0.0682. The number of nitrogens with zero attached hydrogens (tertiary/aromatic N) is 14. The molecule has 0 radical (unpaired) electrons. The number of ether oxygens (including phenoxy) is 2. The maximum Gasteiger partial charge on any atom is 0.0716 e. The van der Waals surface area contributed by atoms with Crippen molar-refractivity contribution in [2.24, 2.45) is 22.7 Å². The van der Waals surface area contributed by atoms with E-state index >= 15 is 0 Å². The largest absolute Gasteiger partial charge is 0.393 e. The first-order chi connectivity index (χ1) is 58.1. The molecule has 5 saturated carbocycles. The van der Waals surface area contributed by atoms with Gasteiger partial charge in [-0.3, -0.25) is 34.9 Å². The fraction of sp³-hybridized carbons (Fsp3) is 0.650. The molecule has 7 aromatic heterocycles. The van der Waals surface area contributed by atoms with Crippen LogP contribution in [0.1, 0.15) is 281 Å². The van der Waals surface area contributed by atoms with E-state index in [0.717, 1.165) is 160 Å². The van der Waals surface area contributed by atoms with E-state index in [9.17, 15) is 20.4 Å². The molecule has 5 N–H and O–H groups in total. The number of β-amino-alcohol motifs (C(OH)–C–C–N with tert-alkyl or cyclic N) is 2. The highest BCUT2D eigenvalue weighted by atomic mass is 16.5. The van der Waals surface area contributed by atoms with Gasteiger partial charge in [0.25, 0.3) is 0 Å². The molecule has 21 nitrogen and oxygen atoms in total. The Kier molecular flexibility index (Phi) is 27.5. The second kappa shape index (κ2) is 37.7. The van der Waals surface area contributed by atoms with E-state index in [0.29, 0.717) is 92.8 Å². The molecule has 16 heterocycles. The molecule has 0 amide bonds. The molecule has 5 aliphatic carbocycles. The van der Waals surface area contributed by atoms with Gasteiger partial charge in [-0.1, -0.05) is 96.9 Å². The molecule has 121 heavy (non-hydrogen) atoms. The monoisotopic (exact) mass is 1650 g/mol. The minimum Gasteiger partial charge on any atom is -0.393 e. The number of rotatable bonds is 14. The number of aliphatic hydroxyl groups excluding tert-OH is 4. The molecule has 9 aliphatic heterocycles. The number of nitrogens with one attached hydrogen (secondary N) is 1. The molecule has 6 atom stereocenters. The topological polar surface area (TPSA) is 224 Å². The van der Waals surface area contributed by atoms with Gasteiger partial charge < -0.3 is 69.5 Å². The lowest BCUT2D eigenvalue weighted by Gasteiger charge is -2.58. The van der Waals surface area contributed by atoms with Crippen LogP contribution in [0.5, 0.6) is 0 Å². The van der Waals surface area contributed by atoms with Crippen LogP contribution in [0.25, 0.3) is 0 Å². The number of piperazine rings is 1. The molecule has 14 aliphatic rings. The van der Waals surface area contributed by atoms with Crippen molar-refractivity contribution in [1.82, 2.24) is 40.2 Å². The minimum atomic E-state index is -0.180. The van der Waals surface area contributed by atoms with Crippen LogP contribution in [-0.4, -0.2) is 207 Å². The molecule has 5 spiro atoms. The Labute approximate surface area is 723 Å². The molecule has 5 unspecified atom stereocenters. The number of anilines is 7. The van der Waals surface area contributed by atoms with E-state index < -0.39 is 0 Å². The van der Waals surface area contributed by atoms with E-state index in [1.807, 2.05) is 43.4 Å². The molecule has 4 bridgehead atoms. The van der Waals surface area contributed by atoms with Gasteiger partial charge in [-0.2, -0.15) is 0 Å². The molecule has 14 fully saturated rings. The maximum atomic E-state index is 10.0. The van der Waals surface area contributed by atoms with Gasteiger partial charge in [-0.25, -0.2) is 0 Å². The molecule has 9 saturated heterocycles. The van der Waals surface area contributed by atoms with Crippen molar-refractivity contribution in [3.63, 3.8) is 0 Å². The van der Waals surface area contributed by atoms with Crippen molar-refractivity contribution in [3.8, 4) is 0 Å². The molecular weight excluding hydrogens is 1510 g/mol. The summed E-state index contributed by atoms with van der Waals surface area (Å²) in [6.45, 7) is 45.2. The SMILES string of the molecule is CC(C)c1ccc(N2CC(O)CCC23CC3)cn1.CC(C)c1ccc(N2CC3(CC(O)C3)C2)cn1.CC(C)c1ccc(N2CC3(COC3)C2)cn1.CC(C)c1ccc(N2CC3CCC(C2)C3O)cn1.CC(C)c1ccc(N2CC3CCC(C2)N3)cn1.CC(C)c1ccc(N2CCOCC23CC3)cn1.CC(C)c1ccc(N2C[C@@H](O)CCC23CC3)cn1. The van der Waals surface area contributed by atoms with Gasteiger partial charge in [-0.05, 0) is 229 Å². The average Bonchev–Trinajstić information content (AvgIpc) is 1.60. The summed E-state index contributed by atoms with van der Waals surface area (Å²) in [7, 11) is 0. The smallest absolute Gasteiger partial charge is 0.0716 e.